The molecule has 0 unspecified atom stereocenters. The third kappa shape index (κ3) is 3.44. The molecule has 0 atom stereocenters. The van der Waals surface area contributed by atoms with E-state index in [1.165, 1.54) is 16.4 Å². The minimum Gasteiger partial charge on any atom is -0.508 e. The second-order valence-corrected chi connectivity index (χ2v) is 4.57. The molecule has 2 rings (SSSR count). The monoisotopic (exact) mass is 279 g/mol. The minimum absolute atomic E-state index is 0.0623. The van der Waals surface area contributed by atoms with Gasteiger partial charge >= 0.3 is 0 Å². The summed E-state index contributed by atoms with van der Waals surface area (Å²) in [6.45, 7) is 2.46. The second kappa shape index (κ2) is 6.19. The predicted octanol–water partition coefficient (Wildman–Crippen LogP) is 0.596. The van der Waals surface area contributed by atoms with Crippen molar-refractivity contribution in [3.63, 3.8) is 0 Å². The van der Waals surface area contributed by atoms with Crippen molar-refractivity contribution in [2.75, 3.05) is 12.3 Å². The highest BCUT2D eigenvalue weighted by atomic mass is 32.2. The molecule has 1 amide bonds. The van der Waals surface area contributed by atoms with E-state index in [2.05, 4.69) is 20.8 Å². The van der Waals surface area contributed by atoms with Gasteiger partial charge in [0, 0.05) is 6.54 Å². The zero-order valence-electron chi connectivity index (χ0n) is 10.3. The normalized spacial score (nSPS) is 10.4. The van der Waals surface area contributed by atoms with Gasteiger partial charge in [0.1, 0.15) is 5.75 Å². The number of carbonyl (C=O) groups is 1. The molecule has 100 valence electrons. The first-order valence-corrected chi connectivity index (χ1v) is 6.66. The Morgan fingerprint density at radius 2 is 2.16 bits per heavy atom. The fourth-order valence-corrected chi connectivity index (χ4v) is 2.12. The Bertz CT molecular complexity index is 554. The molecule has 0 bridgehead atoms. The summed E-state index contributed by atoms with van der Waals surface area (Å²) >= 11 is 1.25. The Hall–Kier alpha value is -2.09. The summed E-state index contributed by atoms with van der Waals surface area (Å²) in [5.41, 5.74) is 0.723. The Balaban J connectivity index is 2.09. The van der Waals surface area contributed by atoms with Gasteiger partial charge in [0.2, 0.25) is 11.1 Å². The number of tetrazole rings is 1. The van der Waals surface area contributed by atoms with E-state index in [9.17, 15) is 9.90 Å². The summed E-state index contributed by atoms with van der Waals surface area (Å²) in [4.78, 5) is 11.4. The third-order valence-corrected chi connectivity index (χ3v) is 3.16. The predicted molar refractivity (Wildman–Crippen MR) is 70.2 cm³/mol. The Morgan fingerprint density at radius 1 is 1.42 bits per heavy atom. The lowest BCUT2D eigenvalue weighted by Gasteiger charge is -2.04. The minimum atomic E-state index is -0.0623. The molecular weight excluding hydrogens is 266 g/mol. The highest BCUT2D eigenvalue weighted by molar-refractivity contribution is 7.99. The van der Waals surface area contributed by atoms with E-state index in [1.54, 1.807) is 24.3 Å². The van der Waals surface area contributed by atoms with Crippen molar-refractivity contribution in [1.29, 1.82) is 0 Å². The quantitative estimate of drug-likeness (QED) is 0.778. The molecule has 2 aromatic rings. The van der Waals surface area contributed by atoms with Gasteiger partial charge in [-0.3, -0.25) is 4.79 Å². The fourth-order valence-electron chi connectivity index (χ4n) is 1.40. The van der Waals surface area contributed by atoms with Crippen molar-refractivity contribution in [3.8, 4) is 11.4 Å². The van der Waals surface area contributed by atoms with Crippen molar-refractivity contribution in [3.05, 3.63) is 24.3 Å². The molecule has 1 heterocycles. The van der Waals surface area contributed by atoms with Gasteiger partial charge in [0.15, 0.2) is 0 Å². The summed E-state index contributed by atoms with van der Waals surface area (Å²) in [5.74, 6) is 0.368. The van der Waals surface area contributed by atoms with E-state index in [1.807, 2.05) is 6.92 Å². The maximum Gasteiger partial charge on any atom is 0.230 e. The van der Waals surface area contributed by atoms with Gasteiger partial charge in [-0.25, -0.2) is 0 Å². The van der Waals surface area contributed by atoms with Crippen molar-refractivity contribution in [1.82, 2.24) is 25.5 Å². The number of nitrogens with one attached hydrogen (secondary N) is 1. The van der Waals surface area contributed by atoms with E-state index in [0.29, 0.717) is 11.7 Å². The van der Waals surface area contributed by atoms with E-state index < -0.39 is 0 Å². The first-order chi connectivity index (χ1) is 9.20. The number of hydrogen-bond donors (Lipinski definition) is 2. The van der Waals surface area contributed by atoms with Crippen LogP contribution < -0.4 is 5.32 Å². The van der Waals surface area contributed by atoms with Crippen molar-refractivity contribution in [2.24, 2.45) is 0 Å². The van der Waals surface area contributed by atoms with Gasteiger partial charge in [-0.15, -0.1) is 5.10 Å². The van der Waals surface area contributed by atoms with E-state index in [-0.39, 0.29) is 17.4 Å². The van der Waals surface area contributed by atoms with Crippen LogP contribution >= 0.6 is 11.8 Å². The van der Waals surface area contributed by atoms with Gasteiger partial charge in [0.25, 0.3) is 0 Å². The molecule has 0 spiro atoms. The first kappa shape index (κ1) is 13.3. The summed E-state index contributed by atoms with van der Waals surface area (Å²) in [5, 5.41) is 23.8. The highest BCUT2D eigenvalue weighted by Gasteiger charge is 2.11. The number of thioether (sulfide) groups is 1. The van der Waals surface area contributed by atoms with Crippen LogP contribution in [0.3, 0.4) is 0 Å². The standard InChI is InChI=1S/C11H13N5O2S/c1-2-12-10(18)7-19-11-13-14-15-16(11)8-3-5-9(17)6-4-8/h3-6,17H,2,7H2,1H3,(H,12,18). The van der Waals surface area contributed by atoms with Gasteiger partial charge in [0.05, 0.1) is 11.4 Å². The van der Waals surface area contributed by atoms with Crippen LogP contribution in [-0.2, 0) is 4.79 Å². The molecule has 0 saturated heterocycles. The van der Waals surface area contributed by atoms with Crippen LogP contribution in [0.1, 0.15) is 6.92 Å². The van der Waals surface area contributed by atoms with Crippen molar-refractivity contribution in [2.45, 2.75) is 12.1 Å². The number of aromatic hydroxyl groups is 1. The summed E-state index contributed by atoms with van der Waals surface area (Å²) < 4.78 is 1.52. The van der Waals surface area contributed by atoms with Gasteiger partial charge in [-0.05, 0) is 41.6 Å². The van der Waals surface area contributed by atoms with E-state index in [0.717, 1.165) is 5.69 Å². The lowest BCUT2D eigenvalue weighted by atomic mass is 10.3. The van der Waals surface area contributed by atoms with Crippen LogP contribution in [0.15, 0.2) is 29.4 Å². The largest absolute Gasteiger partial charge is 0.508 e. The zero-order chi connectivity index (χ0) is 13.7. The molecule has 1 aromatic heterocycles. The molecule has 0 saturated carbocycles. The lowest BCUT2D eigenvalue weighted by Crippen LogP contribution is -2.24. The van der Waals surface area contributed by atoms with Crippen molar-refractivity contribution < 1.29 is 9.90 Å². The van der Waals surface area contributed by atoms with Crippen LogP contribution in [0.2, 0.25) is 0 Å². The molecule has 0 radical (unpaired) electrons. The van der Waals surface area contributed by atoms with Gasteiger partial charge in [-0.1, -0.05) is 11.8 Å². The number of nitrogens with zero attached hydrogens (tertiary/aromatic N) is 4. The fraction of sp³-hybridized carbons (Fsp3) is 0.273. The zero-order valence-corrected chi connectivity index (χ0v) is 11.1. The SMILES string of the molecule is CCNC(=O)CSc1nnnn1-c1ccc(O)cc1. The lowest BCUT2D eigenvalue weighted by molar-refractivity contribution is -0.118. The maximum atomic E-state index is 11.4. The average Bonchev–Trinajstić information content (AvgIpc) is 2.86. The summed E-state index contributed by atoms with van der Waals surface area (Å²) in [6, 6.07) is 6.49. The van der Waals surface area contributed by atoms with Crippen LogP contribution in [0, 0.1) is 0 Å². The topological polar surface area (TPSA) is 92.9 Å². The molecule has 2 N–H and O–H groups in total. The molecular formula is C11H13N5O2S. The number of phenolic OH excluding ortho intramolecular Hbond substituents is 1. The van der Waals surface area contributed by atoms with Crippen LogP contribution in [0.25, 0.3) is 5.69 Å². The highest BCUT2D eigenvalue weighted by Crippen LogP contribution is 2.19. The Labute approximate surface area is 114 Å². The summed E-state index contributed by atoms with van der Waals surface area (Å²) in [7, 11) is 0. The molecule has 0 aliphatic rings. The Kier molecular flexibility index (Phi) is 4.35. The first-order valence-electron chi connectivity index (χ1n) is 5.68. The smallest absolute Gasteiger partial charge is 0.230 e. The maximum absolute atomic E-state index is 11.4. The van der Waals surface area contributed by atoms with Gasteiger partial charge in [-0.2, -0.15) is 4.68 Å². The molecule has 7 nitrogen and oxygen atoms in total. The average molecular weight is 279 g/mol. The number of benzene rings is 1. The molecule has 8 heteroatoms. The molecule has 0 aliphatic heterocycles. The van der Waals surface area contributed by atoms with Crippen LogP contribution in [0.4, 0.5) is 0 Å². The summed E-state index contributed by atoms with van der Waals surface area (Å²) in [6.07, 6.45) is 0. The molecule has 1 aromatic carbocycles. The van der Waals surface area contributed by atoms with E-state index >= 15 is 0 Å². The number of aromatic nitrogens is 4. The number of hydrogen-bond acceptors (Lipinski definition) is 6. The molecule has 0 fully saturated rings. The second-order valence-electron chi connectivity index (χ2n) is 3.63. The molecule has 19 heavy (non-hydrogen) atoms. The number of carbonyl (C=O) groups excluding carboxylic acids is 1. The third-order valence-electron chi connectivity index (χ3n) is 2.24. The number of amides is 1. The van der Waals surface area contributed by atoms with Crippen molar-refractivity contribution >= 4 is 17.7 Å². The van der Waals surface area contributed by atoms with Gasteiger partial charge < -0.3 is 10.4 Å². The number of phenols is 1. The Morgan fingerprint density at radius 3 is 2.84 bits per heavy atom. The van der Waals surface area contributed by atoms with Crippen LogP contribution in [-0.4, -0.2) is 43.5 Å². The molecule has 0 aliphatic carbocycles. The van der Waals surface area contributed by atoms with Crippen LogP contribution in [0.5, 0.6) is 5.75 Å². The van der Waals surface area contributed by atoms with E-state index in [4.69, 9.17) is 0 Å². The number of rotatable bonds is 5.